The summed E-state index contributed by atoms with van der Waals surface area (Å²) in [6, 6.07) is 9.55. The highest BCUT2D eigenvalue weighted by Crippen LogP contribution is 2.11. The van der Waals surface area contributed by atoms with E-state index in [1.54, 1.807) is 13.8 Å². The fraction of sp³-hybridized carbons (Fsp3) is 0.467. The molecular weight excluding hydrogens is 276 g/mol. The Balaban J connectivity index is 2.21. The summed E-state index contributed by atoms with van der Waals surface area (Å²) in [5.41, 5.74) is 0.965. The highest BCUT2D eigenvalue weighted by Gasteiger charge is 2.15. The third kappa shape index (κ3) is 6.61. The largest absolute Gasteiger partial charge is 0.465 e. The van der Waals surface area contributed by atoms with Crippen LogP contribution in [0.4, 0.5) is 0 Å². The van der Waals surface area contributed by atoms with Crippen LogP contribution in [-0.2, 0) is 25.7 Å². The van der Waals surface area contributed by atoms with Crippen molar-refractivity contribution in [1.29, 1.82) is 0 Å². The Bertz CT molecular complexity index is 419. The summed E-state index contributed by atoms with van der Waals surface area (Å²) in [5, 5.41) is 0. The van der Waals surface area contributed by atoms with Crippen molar-refractivity contribution < 1.29 is 19.1 Å². The fourth-order valence-corrected chi connectivity index (χ4v) is 2.32. The van der Waals surface area contributed by atoms with Gasteiger partial charge in [0.25, 0.3) is 0 Å². The minimum atomic E-state index is -0.248. The molecule has 5 heteroatoms. The highest BCUT2D eigenvalue weighted by molar-refractivity contribution is 7.99. The van der Waals surface area contributed by atoms with Gasteiger partial charge in [0.2, 0.25) is 0 Å². The molecule has 1 rings (SSSR count). The van der Waals surface area contributed by atoms with Gasteiger partial charge in [-0.15, -0.1) is 11.8 Å². The molecule has 0 spiro atoms. The molecule has 0 aliphatic carbocycles. The third-order valence-corrected chi connectivity index (χ3v) is 3.69. The van der Waals surface area contributed by atoms with E-state index in [0.717, 1.165) is 5.56 Å². The van der Waals surface area contributed by atoms with Gasteiger partial charge in [0.1, 0.15) is 6.61 Å². The molecule has 0 radical (unpaired) electrons. The van der Waals surface area contributed by atoms with Crippen LogP contribution in [0.1, 0.15) is 19.4 Å². The third-order valence-electron chi connectivity index (χ3n) is 2.52. The Labute approximate surface area is 123 Å². The maximum absolute atomic E-state index is 11.8. The van der Waals surface area contributed by atoms with Crippen LogP contribution in [0.3, 0.4) is 0 Å². The van der Waals surface area contributed by atoms with Crippen LogP contribution in [0.2, 0.25) is 0 Å². The van der Waals surface area contributed by atoms with Gasteiger partial charge in [-0.3, -0.25) is 9.59 Å². The topological polar surface area (TPSA) is 52.6 Å². The first-order chi connectivity index (χ1) is 9.63. The molecule has 0 heterocycles. The Kier molecular flexibility index (Phi) is 7.80. The van der Waals surface area contributed by atoms with E-state index in [4.69, 9.17) is 9.47 Å². The van der Waals surface area contributed by atoms with E-state index in [1.165, 1.54) is 11.8 Å². The molecule has 1 atom stereocenters. The molecule has 1 unspecified atom stereocenters. The van der Waals surface area contributed by atoms with Crippen molar-refractivity contribution in [2.75, 3.05) is 18.1 Å². The summed E-state index contributed by atoms with van der Waals surface area (Å²) in [5.74, 6) is 0.0852. The van der Waals surface area contributed by atoms with Crippen molar-refractivity contribution in [1.82, 2.24) is 0 Å². The van der Waals surface area contributed by atoms with E-state index >= 15 is 0 Å². The summed E-state index contributed by atoms with van der Waals surface area (Å²) in [4.78, 5) is 22.9. The van der Waals surface area contributed by atoms with Gasteiger partial charge >= 0.3 is 11.9 Å². The minimum Gasteiger partial charge on any atom is -0.465 e. The summed E-state index contributed by atoms with van der Waals surface area (Å²) < 4.78 is 10.0. The Hall–Kier alpha value is -1.49. The van der Waals surface area contributed by atoms with Crippen LogP contribution >= 0.6 is 11.8 Å². The van der Waals surface area contributed by atoms with Crippen molar-refractivity contribution in [2.24, 2.45) is 5.92 Å². The number of hydrogen-bond acceptors (Lipinski definition) is 5. The fourth-order valence-electron chi connectivity index (χ4n) is 1.46. The number of rotatable bonds is 8. The maximum atomic E-state index is 11.8. The van der Waals surface area contributed by atoms with Gasteiger partial charge in [-0.05, 0) is 12.5 Å². The lowest BCUT2D eigenvalue weighted by Crippen LogP contribution is -2.18. The van der Waals surface area contributed by atoms with Crippen LogP contribution in [-0.4, -0.2) is 30.1 Å². The zero-order valence-electron chi connectivity index (χ0n) is 11.8. The molecule has 0 amide bonds. The number of ether oxygens (including phenoxy) is 2. The Morgan fingerprint density at radius 3 is 2.55 bits per heavy atom. The van der Waals surface area contributed by atoms with E-state index in [0.29, 0.717) is 12.4 Å². The van der Waals surface area contributed by atoms with E-state index in [9.17, 15) is 9.59 Å². The van der Waals surface area contributed by atoms with Crippen molar-refractivity contribution in [2.45, 2.75) is 20.5 Å². The van der Waals surface area contributed by atoms with Crippen molar-refractivity contribution >= 4 is 23.7 Å². The van der Waals surface area contributed by atoms with E-state index in [2.05, 4.69) is 0 Å². The normalized spacial score (nSPS) is 11.7. The lowest BCUT2D eigenvalue weighted by Gasteiger charge is -2.11. The second-order valence-corrected chi connectivity index (χ2v) is 5.34. The minimum absolute atomic E-state index is 0.238. The molecule has 0 N–H and O–H groups in total. The SMILES string of the molecule is CCOC(=O)CSCC(C)C(=O)OCc1ccccc1. The first kappa shape index (κ1) is 16.6. The van der Waals surface area contributed by atoms with Crippen molar-refractivity contribution in [3.05, 3.63) is 35.9 Å². The highest BCUT2D eigenvalue weighted by atomic mass is 32.2. The lowest BCUT2D eigenvalue weighted by atomic mass is 10.2. The van der Waals surface area contributed by atoms with Crippen molar-refractivity contribution in [3.63, 3.8) is 0 Å². The summed E-state index contributed by atoms with van der Waals surface area (Å²) >= 11 is 1.38. The zero-order valence-corrected chi connectivity index (χ0v) is 12.7. The molecule has 0 saturated heterocycles. The van der Waals surface area contributed by atoms with Gasteiger partial charge in [0, 0.05) is 5.75 Å². The summed E-state index contributed by atoms with van der Waals surface area (Å²) in [6.45, 7) is 4.23. The molecule has 0 aliphatic rings. The second-order valence-electron chi connectivity index (χ2n) is 4.31. The van der Waals surface area contributed by atoms with E-state index in [1.807, 2.05) is 30.3 Å². The predicted molar refractivity (Wildman–Crippen MR) is 79.4 cm³/mol. The quantitative estimate of drug-likeness (QED) is 0.690. The van der Waals surface area contributed by atoms with Crippen LogP contribution in [0.15, 0.2) is 30.3 Å². The van der Waals surface area contributed by atoms with E-state index in [-0.39, 0.29) is 30.2 Å². The molecule has 1 aromatic carbocycles. The number of hydrogen-bond donors (Lipinski definition) is 0. The molecule has 0 fully saturated rings. The zero-order chi connectivity index (χ0) is 14.8. The van der Waals surface area contributed by atoms with Gasteiger partial charge in [0.15, 0.2) is 0 Å². The smallest absolute Gasteiger partial charge is 0.315 e. The number of benzene rings is 1. The van der Waals surface area contributed by atoms with Gasteiger partial charge in [0.05, 0.1) is 18.3 Å². The summed E-state index contributed by atoms with van der Waals surface area (Å²) in [6.07, 6.45) is 0. The average molecular weight is 296 g/mol. The molecule has 0 aliphatic heterocycles. The Morgan fingerprint density at radius 1 is 1.20 bits per heavy atom. The molecular formula is C15H20O4S. The molecule has 0 aromatic heterocycles. The van der Waals surface area contributed by atoms with Gasteiger partial charge < -0.3 is 9.47 Å². The van der Waals surface area contributed by atoms with E-state index < -0.39 is 0 Å². The predicted octanol–water partition coefficient (Wildman–Crippen LogP) is 2.66. The molecule has 20 heavy (non-hydrogen) atoms. The van der Waals surface area contributed by atoms with Crippen molar-refractivity contribution in [3.8, 4) is 0 Å². The number of carbonyl (C=O) groups is 2. The van der Waals surface area contributed by atoms with Gasteiger partial charge in [-0.1, -0.05) is 37.3 Å². The first-order valence-electron chi connectivity index (χ1n) is 6.57. The van der Waals surface area contributed by atoms with Gasteiger partial charge in [-0.25, -0.2) is 0 Å². The second kappa shape index (κ2) is 9.42. The van der Waals surface area contributed by atoms with Crippen LogP contribution in [0.25, 0.3) is 0 Å². The monoisotopic (exact) mass is 296 g/mol. The molecule has 0 saturated carbocycles. The van der Waals surface area contributed by atoms with Gasteiger partial charge in [-0.2, -0.15) is 0 Å². The molecule has 1 aromatic rings. The average Bonchev–Trinajstić information content (AvgIpc) is 2.46. The first-order valence-corrected chi connectivity index (χ1v) is 7.73. The lowest BCUT2D eigenvalue weighted by molar-refractivity contribution is -0.148. The van der Waals surface area contributed by atoms with Crippen LogP contribution in [0.5, 0.6) is 0 Å². The number of thioether (sulfide) groups is 1. The van der Waals surface area contributed by atoms with Crippen LogP contribution < -0.4 is 0 Å². The standard InChI is InChI=1S/C15H20O4S/c1-3-18-14(16)11-20-10-12(2)15(17)19-9-13-7-5-4-6-8-13/h4-8,12H,3,9-11H2,1-2H3. The Morgan fingerprint density at radius 2 is 1.90 bits per heavy atom. The maximum Gasteiger partial charge on any atom is 0.315 e. The molecule has 110 valence electrons. The number of carbonyl (C=O) groups excluding carboxylic acids is 2. The van der Waals surface area contributed by atoms with Crippen LogP contribution in [0, 0.1) is 5.92 Å². The summed E-state index contributed by atoms with van der Waals surface area (Å²) in [7, 11) is 0. The molecule has 4 nitrogen and oxygen atoms in total. The number of esters is 2. The molecule has 0 bridgehead atoms.